The first kappa shape index (κ1) is 12.8. The van der Waals surface area contributed by atoms with Crippen LogP contribution in [0.3, 0.4) is 0 Å². The predicted molar refractivity (Wildman–Crippen MR) is 50.0 cm³/mol. The number of hydrogen-bond acceptors (Lipinski definition) is 6. The lowest BCUT2D eigenvalue weighted by Crippen LogP contribution is -2.45. The smallest absolute Gasteiger partial charge is 0.164 e. The van der Waals surface area contributed by atoms with Gasteiger partial charge in [0.2, 0.25) is 0 Å². The Labute approximate surface area is 88.1 Å². The SMILES string of the molecule is CC1(C)OC([C@H](O)CO)C([C@H](O)CO)O1. The molecule has 6 heteroatoms. The van der Waals surface area contributed by atoms with E-state index < -0.39 is 43.4 Å². The Morgan fingerprint density at radius 2 is 1.33 bits per heavy atom. The molecule has 0 aromatic heterocycles. The molecule has 4 atom stereocenters. The summed E-state index contributed by atoms with van der Waals surface area (Å²) in [4.78, 5) is 0. The van der Waals surface area contributed by atoms with Gasteiger partial charge in [-0.3, -0.25) is 0 Å². The number of aliphatic hydroxyl groups excluding tert-OH is 4. The highest BCUT2D eigenvalue weighted by molar-refractivity contribution is 4.90. The standard InChI is InChI=1S/C9H18O6/c1-9(2)14-7(5(12)3-10)8(15-9)6(13)4-11/h5-8,10-13H,3-4H2,1-2H3/t5-,6-,7?,8?/m1/s1. The van der Waals surface area contributed by atoms with Crippen molar-refractivity contribution in [1.82, 2.24) is 0 Å². The van der Waals surface area contributed by atoms with E-state index in [1.807, 2.05) is 0 Å². The maximum Gasteiger partial charge on any atom is 0.164 e. The highest BCUT2D eigenvalue weighted by atomic mass is 16.8. The normalized spacial score (nSPS) is 34.0. The Balaban J connectivity index is 2.74. The first-order valence-electron chi connectivity index (χ1n) is 4.85. The van der Waals surface area contributed by atoms with Crippen molar-refractivity contribution in [3.63, 3.8) is 0 Å². The number of aliphatic hydroxyl groups is 4. The molecule has 1 fully saturated rings. The van der Waals surface area contributed by atoms with Crippen LogP contribution in [0.4, 0.5) is 0 Å². The third-order valence-corrected chi connectivity index (χ3v) is 2.30. The molecule has 2 unspecified atom stereocenters. The van der Waals surface area contributed by atoms with Crippen molar-refractivity contribution in [3.05, 3.63) is 0 Å². The molecule has 90 valence electrons. The molecule has 4 N–H and O–H groups in total. The summed E-state index contributed by atoms with van der Waals surface area (Å²) in [5.41, 5.74) is 0. The molecular formula is C9H18O6. The molecule has 1 rings (SSSR count). The molecule has 15 heavy (non-hydrogen) atoms. The molecule has 0 aromatic carbocycles. The van der Waals surface area contributed by atoms with Crippen molar-refractivity contribution >= 4 is 0 Å². The van der Waals surface area contributed by atoms with Crippen LogP contribution in [0.5, 0.6) is 0 Å². The van der Waals surface area contributed by atoms with Gasteiger partial charge in [0, 0.05) is 0 Å². The summed E-state index contributed by atoms with van der Waals surface area (Å²) in [6, 6.07) is 0. The fraction of sp³-hybridized carbons (Fsp3) is 1.00. The van der Waals surface area contributed by atoms with E-state index in [-0.39, 0.29) is 0 Å². The van der Waals surface area contributed by atoms with Crippen LogP contribution in [0.1, 0.15) is 13.8 Å². The molecule has 0 aliphatic carbocycles. The number of rotatable bonds is 4. The molecule has 1 aliphatic rings. The Morgan fingerprint density at radius 1 is 1.00 bits per heavy atom. The highest BCUT2D eigenvalue weighted by Gasteiger charge is 2.47. The maximum atomic E-state index is 9.46. The molecule has 0 aromatic rings. The van der Waals surface area contributed by atoms with Crippen molar-refractivity contribution in [3.8, 4) is 0 Å². The molecule has 0 spiro atoms. The highest BCUT2D eigenvalue weighted by Crippen LogP contribution is 2.31. The van der Waals surface area contributed by atoms with E-state index in [1.165, 1.54) is 0 Å². The molecule has 1 heterocycles. The molecule has 0 bridgehead atoms. The first-order valence-corrected chi connectivity index (χ1v) is 4.85. The summed E-state index contributed by atoms with van der Waals surface area (Å²) >= 11 is 0. The minimum absolute atomic E-state index is 0.487. The van der Waals surface area contributed by atoms with Crippen LogP contribution in [0.25, 0.3) is 0 Å². The fourth-order valence-corrected chi connectivity index (χ4v) is 1.62. The average molecular weight is 222 g/mol. The van der Waals surface area contributed by atoms with Crippen LogP contribution in [-0.2, 0) is 9.47 Å². The van der Waals surface area contributed by atoms with E-state index in [2.05, 4.69) is 0 Å². The summed E-state index contributed by atoms with van der Waals surface area (Å²) in [7, 11) is 0. The van der Waals surface area contributed by atoms with Crippen LogP contribution in [-0.4, -0.2) is 63.8 Å². The molecule has 1 aliphatic heterocycles. The van der Waals surface area contributed by atoms with Crippen LogP contribution >= 0.6 is 0 Å². The van der Waals surface area contributed by atoms with Gasteiger partial charge < -0.3 is 29.9 Å². The van der Waals surface area contributed by atoms with Gasteiger partial charge in [-0.2, -0.15) is 0 Å². The third kappa shape index (κ3) is 2.87. The zero-order valence-corrected chi connectivity index (χ0v) is 8.83. The molecule has 0 saturated carbocycles. The minimum Gasteiger partial charge on any atom is -0.394 e. The van der Waals surface area contributed by atoms with Crippen LogP contribution in [0, 0.1) is 0 Å². The second kappa shape index (κ2) is 4.73. The summed E-state index contributed by atoms with van der Waals surface area (Å²) in [6.07, 6.45) is -3.96. The molecule has 1 saturated heterocycles. The molecule has 6 nitrogen and oxygen atoms in total. The summed E-state index contributed by atoms with van der Waals surface area (Å²) < 4.78 is 10.7. The lowest BCUT2D eigenvalue weighted by molar-refractivity contribution is -0.163. The number of ether oxygens (including phenoxy) is 2. The minimum atomic E-state index is -1.14. The van der Waals surface area contributed by atoms with Gasteiger partial charge in [-0.1, -0.05) is 0 Å². The van der Waals surface area contributed by atoms with Gasteiger partial charge in [0.25, 0.3) is 0 Å². The average Bonchev–Trinajstić information content (AvgIpc) is 2.52. The Morgan fingerprint density at radius 3 is 1.60 bits per heavy atom. The maximum absolute atomic E-state index is 9.46. The van der Waals surface area contributed by atoms with E-state index in [1.54, 1.807) is 13.8 Å². The summed E-state index contributed by atoms with van der Waals surface area (Å²) in [6.45, 7) is 2.29. The van der Waals surface area contributed by atoms with Gasteiger partial charge in [-0.15, -0.1) is 0 Å². The van der Waals surface area contributed by atoms with Gasteiger partial charge >= 0.3 is 0 Å². The van der Waals surface area contributed by atoms with Gasteiger partial charge in [-0.25, -0.2) is 0 Å². The number of hydrogen-bond donors (Lipinski definition) is 4. The third-order valence-electron chi connectivity index (χ3n) is 2.30. The van der Waals surface area contributed by atoms with Gasteiger partial charge in [0.1, 0.15) is 24.4 Å². The van der Waals surface area contributed by atoms with E-state index in [9.17, 15) is 10.2 Å². The van der Waals surface area contributed by atoms with Crippen molar-refractivity contribution in [2.24, 2.45) is 0 Å². The van der Waals surface area contributed by atoms with E-state index in [0.29, 0.717) is 0 Å². The second-order valence-corrected chi connectivity index (χ2v) is 4.06. The van der Waals surface area contributed by atoms with Crippen LogP contribution in [0.2, 0.25) is 0 Å². The van der Waals surface area contributed by atoms with E-state index >= 15 is 0 Å². The van der Waals surface area contributed by atoms with Crippen molar-refractivity contribution in [2.75, 3.05) is 13.2 Å². The van der Waals surface area contributed by atoms with Crippen LogP contribution in [0.15, 0.2) is 0 Å². The van der Waals surface area contributed by atoms with E-state index in [0.717, 1.165) is 0 Å². The second-order valence-electron chi connectivity index (χ2n) is 4.06. The van der Waals surface area contributed by atoms with Crippen LogP contribution < -0.4 is 0 Å². The monoisotopic (exact) mass is 222 g/mol. The lowest BCUT2D eigenvalue weighted by Gasteiger charge is -2.23. The summed E-state index contributed by atoms with van der Waals surface area (Å²) in [5, 5.41) is 36.5. The van der Waals surface area contributed by atoms with Crippen molar-refractivity contribution in [1.29, 1.82) is 0 Å². The topological polar surface area (TPSA) is 99.4 Å². The molecule has 0 amide bonds. The van der Waals surface area contributed by atoms with Gasteiger partial charge in [-0.05, 0) is 13.8 Å². The molecule has 0 radical (unpaired) electrons. The largest absolute Gasteiger partial charge is 0.394 e. The quantitative estimate of drug-likeness (QED) is 0.448. The fourth-order valence-electron chi connectivity index (χ4n) is 1.62. The Bertz CT molecular complexity index is 187. The van der Waals surface area contributed by atoms with Gasteiger partial charge in [0.15, 0.2) is 5.79 Å². The summed E-state index contributed by atoms with van der Waals surface area (Å²) in [5.74, 6) is -0.943. The Hall–Kier alpha value is -0.240. The van der Waals surface area contributed by atoms with Crippen molar-refractivity contribution < 1.29 is 29.9 Å². The van der Waals surface area contributed by atoms with E-state index in [4.69, 9.17) is 19.7 Å². The first-order chi connectivity index (χ1) is 6.91. The Kier molecular flexibility index (Phi) is 4.05. The zero-order valence-electron chi connectivity index (χ0n) is 8.83. The van der Waals surface area contributed by atoms with Gasteiger partial charge in [0.05, 0.1) is 13.2 Å². The predicted octanol–water partition coefficient (Wildman–Crippen LogP) is -1.79. The van der Waals surface area contributed by atoms with Crippen molar-refractivity contribution in [2.45, 2.75) is 44.1 Å². The lowest BCUT2D eigenvalue weighted by atomic mass is 10.0. The zero-order chi connectivity index (χ0) is 11.6. The molecular weight excluding hydrogens is 204 g/mol.